The third-order valence-electron chi connectivity index (χ3n) is 2.95. The van der Waals surface area contributed by atoms with E-state index in [1.54, 1.807) is 0 Å². The molecule has 0 spiro atoms. The van der Waals surface area contributed by atoms with Crippen LogP contribution in [0.5, 0.6) is 0 Å². The van der Waals surface area contributed by atoms with E-state index in [9.17, 15) is 0 Å². The lowest BCUT2D eigenvalue weighted by atomic mass is 10.1. The summed E-state index contributed by atoms with van der Waals surface area (Å²) in [6, 6.07) is 0.0599. The van der Waals surface area contributed by atoms with Gasteiger partial charge in [0.2, 0.25) is 0 Å². The van der Waals surface area contributed by atoms with Crippen LogP contribution in [0.15, 0.2) is 0 Å². The van der Waals surface area contributed by atoms with Crippen LogP contribution in [-0.2, 0) is 0 Å². The molecule has 0 aromatic heterocycles. The highest BCUT2D eigenvalue weighted by atomic mass is 32.1. The third kappa shape index (κ3) is 4.45. The fraction of sp³-hybridized carbons (Fsp3) is 0.909. The third-order valence-corrected chi connectivity index (χ3v) is 3.52. The van der Waals surface area contributed by atoms with Gasteiger partial charge in [0.25, 0.3) is 0 Å². The molecule has 0 bridgehead atoms. The summed E-state index contributed by atoms with van der Waals surface area (Å²) in [5.41, 5.74) is 11.5. The van der Waals surface area contributed by atoms with Gasteiger partial charge in [-0.05, 0) is 38.6 Å². The minimum absolute atomic E-state index is 0.0599. The van der Waals surface area contributed by atoms with E-state index in [1.165, 1.54) is 19.3 Å². The van der Waals surface area contributed by atoms with Crippen molar-refractivity contribution < 1.29 is 0 Å². The number of hydrogen-bond acceptors (Lipinski definition) is 3. The van der Waals surface area contributed by atoms with Crippen LogP contribution in [-0.4, -0.2) is 35.6 Å². The summed E-state index contributed by atoms with van der Waals surface area (Å²) in [7, 11) is 0. The van der Waals surface area contributed by atoms with Crippen molar-refractivity contribution in [2.75, 3.05) is 19.6 Å². The zero-order chi connectivity index (χ0) is 11.1. The molecule has 1 aliphatic rings. The maximum absolute atomic E-state index is 6.07. The number of nitrogens with zero attached hydrogens (tertiary/aromatic N) is 1. The molecule has 88 valence electrons. The fourth-order valence-electron chi connectivity index (χ4n) is 1.98. The number of rotatable bonds is 5. The van der Waals surface area contributed by atoms with Crippen molar-refractivity contribution in [3.63, 3.8) is 0 Å². The summed E-state index contributed by atoms with van der Waals surface area (Å²) < 4.78 is 0. The second kappa shape index (κ2) is 7.14. The zero-order valence-electron chi connectivity index (χ0n) is 9.45. The van der Waals surface area contributed by atoms with Crippen LogP contribution in [0, 0.1) is 0 Å². The van der Waals surface area contributed by atoms with E-state index in [2.05, 4.69) is 4.90 Å². The second-order valence-corrected chi connectivity index (χ2v) is 4.70. The first kappa shape index (κ1) is 12.9. The number of thiocarbonyl (C=S) groups is 1. The van der Waals surface area contributed by atoms with Gasteiger partial charge < -0.3 is 16.4 Å². The molecule has 0 aromatic carbocycles. The number of piperidine rings is 1. The Morgan fingerprint density at radius 1 is 1.20 bits per heavy atom. The lowest BCUT2D eigenvalue weighted by Gasteiger charge is -2.31. The summed E-state index contributed by atoms with van der Waals surface area (Å²) in [4.78, 5) is 3.25. The molecule has 0 aliphatic carbocycles. The van der Waals surface area contributed by atoms with E-state index < -0.39 is 0 Å². The van der Waals surface area contributed by atoms with Gasteiger partial charge in [-0.15, -0.1) is 0 Å². The summed E-state index contributed by atoms with van der Waals surface area (Å²) in [5.74, 6) is 0. The topological polar surface area (TPSA) is 55.3 Å². The predicted octanol–water partition coefficient (Wildman–Crippen LogP) is 1.26. The molecule has 1 heterocycles. The molecule has 0 saturated carbocycles. The maximum Gasteiger partial charge on any atom is 0.0949 e. The van der Waals surface area contributed by atoms with Gasteiger partial charge in [0.15, 0.2) is 0 Å². The minimum atomic E-state index is 0.0599. The van der Waals surface area contributed by atoms with Crippen molar-refractivity contribution >= 4 is 17.2 Å². The Morgan fingerprint density at radius 3 is 2.47 bits per heavy atom. The molecule has 1 aliphatic heterocycles. The SMILES string of the molecule is NCCCC[C@H](N)C(=S)N1CCCCC1. The molecular formula is C11H23N3S. The lowest BCUT2D eigenvalue weighted by molar-refractivity contribution is 0.337. The first-order valence-corrected chi connectivity index (χ1v) is 6.41. The molecule has 4 heteroatoms. The van der Waals surface area contributed by atoms with Gasteiger partial charge in [-0.25, -0.2) is 0 Å². The van der Waals surface area contributed by atoms with Crippen LogP contribution in [0.1, 0.15) is 38.5 Å². The van der Waals surface area contributed by atoms with Crippen molar-refractivity contribution in [3.05, 3.63) is 0 Å². The second-order valence-electron chi connectivity index (χ2n) is 4.28. The Labute approximate surface area is 98.2 Å². The molecule has 0 aromatic rings. The summed E-state index contributed by atoms with van der Waals surface area (Å²) in [6.07, 6.45) is 6.97. The van der Waals surface area contributed by atoms with Gasteiger partial charge in [0.1, 0.15) is 0 Å². The number of likely N-dealkylation sites (tertiary alicyclic amines) is 1. The van der Waals surface area contributed by atoms with Crippen LogP contribution in [0.25, 0.3) is 0 Å². The quantitative estimate of drug-likeness (QED) is 0.550. The first-order valence-electron chi connectivity index (χ1n) is 6.00. The van der Waals surface area contributed by atoms with Gasteiger partial charge >= 0.3 is 0 Å². The summed E-state index contributed by atoms with van der Waals surface area (Å²) in [6.45, 7) is 2.95. The highest BCUT2D eigenvalue weighted by molar-refractivity contribution is 7.80. The number of hydrogen-bond donors (Lipinski definition) is 2. The van der Waals surface area contributed by atoms with Crippen molar-refractivity contribution in [3.8, 4) is 0 Å². The van der Waals surface area contributed by atoms with Crippen LogP contribution in [0.2, 0.25) is 0 Å². The van der Waals surface area contributed by atoms with Crippen LogP contribution in [0.3, 0.4) is 0 Å². The van der Waals surface area contributed by atoms with Crippen LogP contribution >= 0.6 is 12.2 Å². The number of unbranched alkanes of at least 4 members (excludes halogenated alkanes) is 1. The molecule has 0 radical (unpaired) electrons. The Bertz CT molecular complexity index is 190. The van der Waals surface area contributed by atoms with E-state index in [0.717, 1.165) is 43.9 Å². The normalized spacial score (nSPS) is 18.9. The Morgan fingerprint density at radius 2 is 1.87 bits per heavy atom. The van der Waals surface area contributed by atoms with Gasteiger partial charge in [-0.1, -0.05) is 18.6 Å². The largest absolute Gasteiger partial charge is 0.365 e. The van der Waals surface area contributed by atoms with E-state index in [-0.39, 0.29) is 6.04 Å². The highest BCUT2D eigenvalue weighted by Crippen LogP contribution is 2.12. The van der Waals surface area contributed by atoms with E-state index in [4.69, 9.17) is 23.7 Å². The molecule has 3 nitrogen and oxygen atoms in total. The molecule has 0 amide bonds. The smallest absolute Gasteiger partial charge is 0.0949 e. The Kier molecular flexibility index (Phi) is 6.13. The van der Waals surface area contributed by atoms with Crippen molar-refractivity contribution in [2.24, 2.45) is 11.5 Å². The van der Waals surface area contributed by atoms with Gasteiger partial charge in [0.05, 0.1) is 11.0 Å². The first-order chi connectivity index (χ1) is 7.25. The molecule has 1 saturated heterocycles. The molecule has 1 atom stereocenters. The predicted molar refractivity (Wildman–Crippen MR) is 68.9 cm³/mol. The van der Waals surface area contributed by atoms with E-state index >= 15 is 0 Å². The van der Waals surface area contributed by atoms with Crippen molar-refractivity contribution in [2.45, 2.75) is 44.6 Å². The molecule has 1 rings (SSSR count). The summed E-state index contributed by atoms with van der Waals surface area (Å²) >= 11 is 5.42. The lowest BCUT2D eigenvalue weighted by Crippen LogP contribution is -2.44. The van der Waals surface area contributed by atoms with Crippen LogP contribution < -0.4 is 11.5 Å². The van der Waals surface area contributed by atoms with Crippen LogP contribution in [0.4, 0.5) is 0 Å². The highest BCUT2D eigenvalue weighted by Gasteiger charge is 2.18. The van der Waals surface area contributed by atoms with Gasteiger partial charge in [-0.2, -0.15) is 0 Å². The average molecular weight is 229 g/mol. The molecule has 4 N–H and O–H groups in total. The average Bonchev–Trinajstić information content (AvgIpc) is 2.29. The minimum Gasteiger partial charge on any atom is -0.365 e. The Balaban J connectivity index is 2.24. The maximum atomic E-state index is 6.07. The van der Waals surface area contributed by atoms with Gasteiger partial charge in [-0.3, -0.25) is 0 Å². The standard InChI is InChI=1S/C11H23N3S/c12-7-3-2-6-10(13)11(15)14-8-4-1-5-9-14/h10H,1-9,12-13H2/t10-/m0/s1. The van der Waals surface area contributed by atoms with E-state index in [1.807, 2.05) is 0 Å². The molecule has 15 heavy (non-hydrogen) atoms. The van der Waals surface area contributed by atoms with Gasteiger partial charge in [0, 0.05) is 13.1 Å². The van der Waals surface area contributed by atoms with Crippen molar-refractivity contribution in [1.29, 1.82) is 0 Å². The van der Waals surface area contributed by atoms with E-state index in [0.29, 0.717) is 0 Å². The number of nitrogens with two attached hydrogens (primary N) is 2. The Hall–Kier alpha value is -0.190. The molecular weight excluding hydrogens is 206 g/mol. The summed E-state index contributed by atoms with van der Waals surface area (Å²) in [5, 5.41) is 0. The zero-order valence-corrected chi connectivity index (χ0v) is 10.3. The monoisotopic (exact) mass is 229 g/mol. The molecule has 1 fully saturated rings. The fourth-order valence-corrected chi connectivity index (χ4v) is 2.28. The molecule has 0 unspecified atom stereocenters. The van der Waals surface area contributed by atoms with Crippen molar-refractivity contribution in [1.82, 2.24) is 4.90 Å².